The average molecular weight is 257 g/mol. The third kappa shape index (κ3) is 4.64. The summed E-state index contributed by atoms with van der Waals surface area (Å²) in [5.74, 6) is -0.389. The zero-order valence-electron chi connectivity index (χ0n) is 11.5. The van der Waals surface area contributed by atoms with E-state index in [1.54, 1.807) is 4.90 Å². The van der Waals surface area contributed by atoms with Crippen molar-refractivity contribution in [3.05, 3.63) is 0 Å². The molecule has 1 heterocycles. The van der Waals surface area contributed by atoms with Crippen molar-refractivity contribution in [2.45, 2.75) is 51.7 Å². The van der Waals surface area contributed by atoms with Crippen LogP contribution in [0.15, 0.2) is 0 Å². The van der Waals surface area contributed by atoms with E-state index in [0.717, 1.165) is 25.9 Å². The third-order valence-electron chi connectivity index (χ3n) is 3.17. The van der Waals surface area contributed by atoms with Gasteiger partial charge in [0.2, 0.25) is 5.91 Å². The maximum absolute atomic E-state index is 12.1. The molecule has 0 bridgehead atoms. The molecule has 0 aromatic carbocycles. The molecular weight excluding hydrogens is 234 g/mol. The molecule has 1 rings (SSSR count). The molecule has 0 spiro atoms. The van der Waals surface area contributed by atoms with Crippen molar-refractivity contribution in [2.24, 2.45) is 0 Å². The molecule has 5 heteroatoms. The van der Waals surface area contributed by atoms with Crippen molar-refractivity contribution in [3.8, 4) is 0 Å². The summed E-state index contributed by atoms with van der Waals surface area (Å²) in [6.45, 7) is 4.62. The highest BCUT2D eigenvalue weighted by Crippen LogP contribution is 2.17. The second-order valence-corrected chi connectivity index (χ2v) is 4.87. The Hall–Kier alpha value is -1.10. The molecule has 0 aromatic heterocycles. The molecule has 1 aliphatic rings. The van der Waals surface area contributed by atoms with Crippen molar-refractivity contribution < 1.29 is 19.1 Å². The average Bonchev–Trinajstić information content (AvgIpc) is 2.85. The number of nitrogens with zero attached hydrogens (tertiary/aromatic N) is 1. The highest BCUT2D eigenvalue weighted by Gasteiger charge is 2.23. The van der Waals surface area contributed by atoms with Crippen LogP contribution < -0.4 is 0 Å². The molecule has 104 valence electrons. The van der Waals surface area contributed by atoms with Crippen LogP contribution in [-0.2, 0) is 19.1 Å². The van der Waals surface area contributed by atoms with Crippen molar-refractivity contribution in [3.63, 3.8) is 0 Å². The second kappa shape index (κ2) is 7.36. The number of carbonyl (C=O) groups is 2. The second-order valence-electron chi connectivity index (χ2n) is 4.87. The highest BCUT2D eigenvalue weighted by molar-refractivity contribution is 5.82. The van der Waals surface area contributed by atoms with Gasteiger partial charge in [0.05, 0.1) is 13.2 Å². The Morgan fingerprint density at radius 3 is 2.67 bits per heavy atom. The van der Waals surface area contributed by atoms with E-state index in [1.165, 1.54) is 7.11 Å². The maximum atomic E-state index is 12.1. The largest absolute Gasteiger partial charge is 0.468 e. The quantitative estimate of drug-likeness (QED) is 0.674. The lowest BCUT2D eigenvalue weighted by Crippen LogP contribution is -2.41. The van der Waals surface area contributed by atoms with Gasteiger partial charge >= 0.3 is 5.97 Å². The van der Waals surface area contributed by atoms with Crippen LogP contribution in [0.25, 0.3) is 0 Å². The van der Waals surface area contributed by atoms with E-state index in [9.17, 15) is 9.59 Å². The summed E-state index contributed by atoms with van der Waals surface area (Å²) in [6, 6.07) is 0.00102. The number of esters is 1. The summed E-state index contributed by atoms with van der Waals surface area (Å²) < 4.78 is 10.1. The number of hydrogen-bond donors (Lipinski definition) is 0. The Kier molecular flexibility index (Phi) is 6.12. The molecule has 1 atom stereocenters. The first-order valence-corrected chi connectivity index (χ1v) is 6.52. The van der Waals surface area contributed by atoms with E-state index in [0.29, 0.717) is 6.42 Å². The predicted octanol–water partition coefficient (Wildman–Crippen LogP) is 1.36. The van der Waals surface area contributed by atoms with E-state index in [-0.39, 0.29) is 30.6 Å². The van der Waals surface area contributed by atoms with Gasteiger partial charge in [0.1, 0.15) is 6.54 Å². The normalized spacial score (nSPS) is 19.0. The standard InChI is InChI=1S/C13H23NO4/c1-10(2)14(9-13(16)17-3)12(15)7-6-11-5-4-8-18-11/h10-11H,4-9H2,1-3H3/t11-/m1/s1. The number of amides is 1. The van der Waals surface area contributed by atoms with Crippen LogP contribution in [0.5, 0.6) is 0 Å². The van der Waals surface area contributed by atoms with E-state index in [4.69, 9.17) is 4.74 Å². The number of methoxy groups -OCH3 is 1. The molecule has 1 fully saturated rings. The fourth-order valence-corrected chi connectivity index (χ4v) is 2.06. The van der Waals surface area contributed by atoms with Gasteiger partial charge in [0.15, 0.2) is 0 Å². The third-order valence-corrected chi connectivity index (χ3v) is 3.17. The van der Waals surface area contributed by atoms with Gasteiger partial charge in [-0.15, -0.1) is 0 Å². The van der Waals surface area contributed by atoms with E-state index >= 15 is 0 Å². The first kappa shape index (κ1) is 15.0. The van der Waals surface area contributed by atoms with Gasteiger partial charge in [-0.1, -0.05) is 0 Å². The number of hydrogen-bond acceptors (Lipinski definition) is 4. The Balaban J connectivity index is 2.40. The summed E-state index contributed by atoms with van der Waals surface area (Å²) in [6.07, 6.45) is 3.49. The summed E-state index contributed by atoms with van der Waals surface area (Å²) in [4.78, 5) is 24.9. The molecule has 0 N–H and O–H groups in total. The Labute approximate surface area is 108 Å². The van der Waals surface area contributed by atoms with Crippen LogP contribution >= 0.6 is 0 Å². The van der Waals surface area contributed by atoms with Gasteiger partial charge in [-0.25, -0.2) is 0 Å². The SMILES string of the molecule is COC(=O)CN(C(=O)CC[C@H]1CCCO1)C(C)C. The lowest BCUT2D eigenvalue weighted by atomic mass is 10.1. The molecule has 0 saturated carbocycles. The Morgan fingerprint density at radius 1 is 1.44 bits per heavy atom. The lowest BCUT2D eigenvalue weighted by Gasteiger charge is -2.26. The van der Waals surface area contributed by atoms with Crippen molar-refractivity contribution >= 4 is 11.9 Å². The summed E-state index contributed by atoms with van der Waals surface area (Å²) in [7, 11) is 1.33. The minimum atomic E-state index is -0.380. The van der Waals surface area contributed by atoms with Crippen LogP contribution in [0.3, 0.4) is 0 Å². The summed E-state index contributed by atoms with van der Waals surface area (Å²) in [5, 5.41) is 0. The van der Waals surface area contributed by atoms with Crippen LogP contribution in [0.4, 0.5) is 0 Å². The maximum Gasteiger partial charge on any atom is 0.325 e. The molecule has 0 aliphatic carbocycles. The zero-order valence-corrected chi connectivity index (χ0v) is 11.5. The zero-order chi connectivity index (χ0) is 13.5. The first-order valence-electron chi connectivity index (χ1n) is 6.52. The molecule has 1 amide bonds. The Morgan fingerprint density at radius 2 is 2.17 bits per heavy atom. The Bertz CT molecular complexity index is 285. The van der Waals surface area contributed by atoms with Crippen molar-refractivity contribution in [1.29, 1.82) is 0 Å². The molecule has 0 unspecified atom stereocenters. The van der Waals surface area contributed by atoms with E-state index in [1.807, 2.05) is 13.8 Å². The van der Waals surface area contributed by atoms with Crippen LogP contribution in [0.2, 0.25) is 0 Å². The predicted molar refractivity (Wildman–Crippen MR) is 67.1 cm³/mol. The van der Waals surface area contributed by atoms with Crippen molar-refractivity contribution in [1.82, 2.24) is 4.90 Å². The fourth-order valence-electron chi connectivity index (χ4n) is 2.06. The number of carbonyl (C=O) groups excluding carboxylic acids is 2. The molecule has 1 saturated heterocycles. The van der Waals surface area contributed by atoms with Crippen molar-refractivity contribution in [2.75, 3.05) is 20.3 Å². The van der Waals surface area contributed by atoms with E-state index in [2.05, 4.69) is 4.74 Å². The van der Waals surface area contributed by atoms with Gasteiger partial charge in [-0.05, 0) is 33.1 Å². The smallest absolute Gasteiger partial charge is 0.325 e. The molecule has 5 nitrogen and oxygen atoms in total. The lowest BCUT2D eigenvalue weighted by molar-refractivity contribution is -0.148. The topological polar surface area (TPSA) is 55.8 Å². The van der Waals surface area contributed by atoms with Crippen LogP contribution in [0, 0.1) is 0 Å². The monoisotopic (exact) mass is 257 g/mol. The van der Waals surface area contributed by atoms with Gasteiger partial charge in [0, 0.05) is 19.1 Å². The van der Waals surface area contributed by atoms with Crippen LogP contribution in [0.1, 0.15) is 39.5 Å². The number of rotatable bonds is 6. The van der Waals surface area contributed by atoms with Gasteiger partial charge in [-0.3, -0.25) is 9.59 Å². The molecule has 1 aliphatic heterocycles. The fraction of sp³-hybridized carbons (Fsp3) is 0.846. The van der Waals surface area contributed by atoms with Gasteiger partial charge in [-0.2, -0.15) is 0 Å². The number of ether oxygens (including phenoxy) is 2. The van der Waals surface area contributed by atoms with Crippen LogP contribution in [-0.4, -0.2) is 49.2 Å². The summed E-state index contributed by atoms with van der Waals surface area (Å²) >= 11 is 0. The van der Waals surface area contributed by atoms with E-state index < -0.39 is 0 Å². The minimum absolute atomic E-state index is 0.00102. The highest BCUT2D eigenvalue weighted by atomic mass is 16.5. The van der Waals surface area contributed by atoms with Gasteiger partial charge in [0.25, 0.3) is 0 Å². The molecule has 0 radical (unpaired) electrons. The minimum Gasteiger partial charge on any atom is -0.468 e. The molecule has 18 heavy (non-hydrogen) atoms. The first-order chi connectivity index (χ1) is 8.54. The summed E-state index contributed by atoms with van der Waals surface area (Å²) in [5.41, 5.74) is 0. The molecule has 0 aromatic rings. The molecular formula is C13H23NO4. The van der Waals surface area contributed by atoms with Gasteiger partial charge < -0.3 is 14.4 Å².